The first-order valence-corrected chi connectivity index (χ1v) is 9.88. The third-order valence-electron chi connectivity index (χ3n) is 4.80. The van der Waals surface area contributed by atoms with Gasteiger partial charge in [0.1, 0.15) is 5.82 Å². The first kappa shape index (κ1) is 18.1. The molecule has 3 nitrogen and oxygen atoms in total. The summed E-state index contributed by atoms with van der Waals surface area (Å²) >= 11 is 1.74. The Kier molecular flexibility index (Phi) is 6.59. The number of amides is 1. The molecule has 25 heavy (non-hydrogen) atoms. The van der Waals surface area contributed by atoms with E-state index in [-0.39, 0.29) is 18.3 Å². The van der Waals surface area contributed by atoms with Crippen molar-refractivity contribution in [3.05, 3.63) is 58.0 Å². The number of nitrogens with zero attached hydrogens (tertiary/aromatic N) is 1. The second kappa shape index (κ2) is 9.11. The summed E-state index contributed by atoms with van der Waals surface area (Å²) < 4.78 is 13.6. The van der Waals surface area contributed by atoms with E-state index in [9.17, 15) is 9.18 Å². The fourth-order valence-electron chi connectivity index (χ4n) is 3.43. The summed E-state index contributed by atoms with van der Waals surface area (Å²) in [6.45, 7) is 3.49. The molecule has 3 rings (SSSR count). The van der Waals surface area contributed by atoms with Crippen LogP contribution in [0.4, 0.5) is 4.39 Å². The van der Waals surface area contributed by atoms with Crippen LogP contribution in [0, 0.1) is 11.7 Å². The minimum absolute atomic E-state index is 0.0122. The van der Waals surface area contributed by atoms with Gasteiger partial charge in [0.05, 0.1) is 0 Å². The van der Waals surface area contributed by atoms with Crippen LogP contribution in [-0.2, 0) is 17.9 Å². The summed E-state index contributed by atoms with van der Waals surface area (Å²) in [5.74, 6) is 0.323. The van der Waals surface area contributed by atoms with Crippen LogP contribution in [0.3, 0.4) is 0 Å². The Labute approximate surface area is 152 Å². The van der Waals surface area contributed by atoms with E-state index in [0.29, 0.717) is 17.9 Å². The van der Waals surface area contributed by atoms with Crippen molar-refractivity contribution in [2.75, 3.05) is 13.1 Å². The highest BCUT2D eigenvalue weighted by Crippen LogP contribution is 2.23. The molecule has 0 aliphatic carbocycles. The molecule has 0 radical (unpaired) electrons. The lowest BCUT2D eigenvalue weighted by Gasteiger charge is -2.32. The van der Waals surface area contributed by atoms with Crippen molar-refractivity contribution in [1.29, 1.82) is 0 Å². The van der Waals surface area contributed by atoms with E-state index in [0.717, 1.165) is 26.1 Å². The normalized spacial score (nSPS) is 18.2. The van der Waals surface area contributed by atoms with Crippen LogP contribution in [-0.4, -0.2) is 23.9 Å². The Morgan fingerprint density at radius 1 is 1.32 bits per heavy atom. The standard InChI is InChI=1S/C20H25FN2OS/c21-19-6-2-1-5-18(19)12-22-20(24)8-7-16-4-3-10-23(13-16)14-17-9-11-25-15-17/h1-2,5-6,9,11,15-16H,3-4,7-8,10,12-14H2,(H,22,24). The maximum atomic E-state index is 13.6. The van der Waals surface area contributed by atoms with E-state index in [1.54, 1.807) is 29.5 Å². The van der Waals surface area contributed by atoms with E-state index in [4.69, 9.17) is 0 Å². The van der Waals surface area contributed by atoms with Crippen molar-refractivity contribution in [1.82, 2.24) is 10.2 Å². The summed E-state index contributed by atoms with van der Waals surface area (Å²) in [7, 11) is 0. The molecule has 1 fully saturated rings. The lowest BCUT2D eigenvalue weighted by molar-refractivity contribution is -0.121. The third-order valence-corrected chi connectivity index (χ3v) is 5.53. The van der Waals surface area contributed by atoms with E-state index >= 15 is 0 Å². The number of hydrogen-bond acceptors (Lipinski definition) is 3. The topological polar surface area (TPSA) is 32.3 Å². The van der Waals surface area contributed by atoms with E-state index < -0.39 is 0 Å². The van der Waals surface area contributed by atoms with E-state index in [1.807, 2.05) is 0 Å². The molecular weight excluding hydrogens is 335 g/mol. The highest BCUT2D eigenvalue weighted by atomic mass is 32.1. The van der Waals surface area contributed by atoms with Gasteiger partial charge in [0.25, 0.3) is 0 Å². The molecule has 1 N–H and O–H groups in total. The monoisotopic (exact) mass is 360 g/mol. The van der Waals surface area contributed by atoms with Gasteiger partial charge in [0, 0.05) is 31.6 Å². The van der Waals surface area contributed by atoms with Crippen molar-refractivity contribution in [3.8, 4) is 0 Å². The molecule has 5 heteroatoms. The molecule has 1 aromatic heterocycles. The molecule has 2 heterocycles. The molecule has 0 bridgehead atoms. The van der Waals surface area contributed by atoms with Gasteiger partial charge in [0.2, 0.25) is 5.91 Å². The number of thiophene rings is 1. The molecule has 1 aliphatic heterocycles. The molecule has 0 spiro atoms. The second-order valence-electron chi connectivity index (χ2n) is 6.78. The summed E-state index contributed by atoms with van der Waals surface area (Å²) in [5.41, 5.74) is 1.92. The fourth-order valence-corrected chi connectivity index (χ4v) is 4.09. The Balaban J connectivity index is 1.38. The molecule has 2 aromatic rings. The second-order valence-corrected chi connectivity index (χ2v) is 7.56. The Morgan fingerprint density at radius 3 is 3.00 bits per heavy atom. The lowest BCUT2D eigenvalue weighted by atomic mass is 9.93. The zero-order valence-corrected chi connectivity index (χ0v) is 15.2. The first-order chi connectivity index (χ1) is 12.2. The quantitative estimate of drug-likeness (QED) is 0.803. The van der Waals surface area contributed by atoms with Crippen LogP contribution < -0.4 is 5.32 Å². The van der Waals surface area contributed by atoms with Crippen molar-refractivity contribution >= 4 is 17.2 Å². The molecule has 134 valence electrons. The maximum absolute atomic E-state index is 13.6. The number of piperidine rings is 1. The van der Waals surface area contributed by atoms with Gasteiger partial charge in [-0.2, -0.15) is 11.3 Å². The van der Waals surface area contributed by atoms with Crippen molar-refractivity contribution in [2.24, 2.45) is 5.92 Å². The average Bonchev–Trinajstić information content (AvgIpc) is 3.12. The lowest BCUT2D eigenvalue weighted by Crippen LogP contribution is -2.35. The zero-order chi connectivity index (χ0) is 17.5. The van der Waals surface area contributed by atoms with Crippen molar-refractivity contribution < 1.29 is 9.18 Å². The van der Waals surface area contributed by atoms with Crippen molar-refractivity contribution in [3.63, 3.8) is 0 Å². The molecule has 1 saturated heterocycles. The largest absolute Gasteiger partial charge is 0.352 e. The van der Waals surface area contributed by atoms with Crippen LogP contribution in [0.15, 0.2) is 41.1 Å². The number of nitrogens with one attached hydrogen (secondary N) is 1. The molecule has 1 amide bonds. The van der Waals surface area contributed by atoms with Crippen molar-refractivity contribution in [2.45, 2.75) is 38.8 Å². The summed E-state index contributed by atoms with van der Waals surface area (Å²) in [4.78, 5) is 14.6. The van der Waals surface area contributed by atoms with Gasteiger partial charge in [-0.05, 0) is 60.2 Å². The van der Waals surface area contributed by atoms with Gasteiger partial charge >= 0.3 is 0 Å². The minimum Gasteiger partial charge on any atom is -0.352 e. The van der Waals surface area contributed by atoms with Gasteiger partial charge in [-0.1, -0.05) is 18.2 Å². The van der Waals surface area contributed by atoms with Crippen LogP contribution in [0.25, 0.3) is 0 Å². The van der Waals surface area contributed by atoms with Gasteiger partial charge < -0.3 is 5.32 Å². The number of benzene rings is 1. The van der Waals surface area contributed by atoms with Crippen LogP contribution >= 0.6 is 11.3 Å². The number of carbonyl (C=O) groups excluding carboxylic acids is 1. The summed E-state index contributed by atoms with van der Waals surface area (Å²) in [6.07, 6.45) is 3.82. The third kappa shape index (κ3) is 5.65. The van der Waals surface area contributed by atoms with Gasteiger partial charge in [-0.15, -0.1) is 0 Å². The summed E-state index contributed by atoms with van der Waals surface area (Å²) in [6, 6.07) is 8.76. The van der Waals surface area contributed by atoms with Gasteiger partial charge in [0.15, 0.2) is 0 Å². The Morgan fingerprint density at radius 2 is 2.20 bits per heavy atom. The summed E-state index contributed by atoms with van der Waals surface area (Å²) in [5, 5.41) is 7.17. The predicted molar refractivity (Wildman–Crippen MR) is 99.8 cm³/mol. The maximum Gasteiger partial charge on any atom is 0.220 e. The SMILES string of the molecule is O=C(CCC1CCCN(Cc2ccsc2)C1)NCc1ccccc1F. The van der Waals surface area contributed by atoms with Crippen LogP contribution in [0.2, 0.25) is 0 Å². The molecule has 1 unspecified atom stereocenters. The van der Waals surface area contributed by atoms with Crippen LogP contribution in [0.5, 0.6) is 0 Å². The number of hydrogen-bond donors (Lipinski definition) is 1. The molecule has 0 saturated carbocycles. The Bertz CT molecular complexity index is 674. The molecule has 1 atom stereocenters. The molecular formula is C20H25FN2OS. The number of halogens is 1. The highest BCUT2D eigenvalue weighted by Gasteiger charge is 2.20. The minimum atomic E-state index is -0.265. The predicted octanol–water partition coefficient (Wildman–Crippen LogP) is 4.20. The fraction of sp³-hybridized carbons (Fsp3) is 0.450. The zero-order valence-electron chi connectivity index (χ0n) is 14.4. The Hall–Kier alpha value is -1.72. The molecule has 1 aliphatic rings. The molecule has 1 aromatic carbocycles. The number of rotatable bonds is 7. The van der Waals surface area contributed by atoms with E-state index in [1.165, 1.54) is 24.5 Å². The van der Waals surface area contributed by atoms with Crippen LogP contribution in [0.1, 0.15) is 36.8 Å². The van der Waals surface area contributed by atoms with Gasteiger partial charge in [-0.3, -0.25) is 9.69 Å². The number of carbonyl (C=O) groups is 1. The number of likely N-dealkylation sites (tertiary alicyclic amines) is 1. The van der Waals surface area contributed by atoms with E-state index in [2.05, 4.69) is 27.0 Å². The smallest absolute Gasteiger partial charge is 0.220 e. The highest BCUT2D eigenvalue weighted by molar-refractivity contribution is 7.07. The van der Waals surface area contributed by atoms with Gasteiger partial charge in [-0.25, -0.2) is 4.39 Å². The first-order valence-electron chi connectivity index (χ1n) is 8.94. The average molecular weight is 360 g/mol.